The number of hydrogen-bond donors (Lipinski definition) is 1. The van der Waals surface area contributed by atoms with E-state index >= 15 is 0 Å². The van der Waals surface area contributed by atoms with Gasteiger partial charge in [-0.05, 0) is 35.9 Å². The highest BCUT2D eigenvalue weighted by Gasteiger charge is 2.13. The van der Waals surface area contributed by atoms with Gasteiger partial charge in [0.25, 0.3) is 5.91 Å². The molecule has 2 rings (SSSR count). The van der Waals surface area contributed by atoms with Crippen LogP contribution in [0.1, 0.15) is 15.9 Å². The van der Waals surface area contributed by atoms with Crippen molar-refractivity contribution in [2.45, 2.75) is 6.54 Å². The van der Waals surface area contributed by atoms with Crippen molar-refractivity contribution in [1.29, 1.82) is 0 Å². The van der Waals surface area contributed by atoms with Crippen molar-refractivity contribution in [3.05, 3.63) is 64.7 Å². The summed E-state index contributed by atoms with van der Waals surface area (Å²) in [4.78, 5) is 12.1. The van der Waals surface area contributed by atoms with Gasteiger partial charge >= 0.3 is 0 Å². The minimum atomic E-state index is -3.32. The van der Waals surface area contributed by atoms with Crippen LogP contribution in [-0.2, 0) is 16.6 Å². The van der Waals surface area contributed by atoms with Crippen LogP contribution in [0.3, 0.4) is 0 Å². The summed E-state index contributed by atoms with van der Waals surface area (Å²) in [5.41, 5.74) is 1.77. The highest BCUT2D eigenvalue weighted by atomic mass is 35.5. The summed E-state index contributed by atoms with van der Waals surface area (Å²) in [6.07, 6.45) is 1.12. The summed E-state index contributed by atoms with van der Waals surface area (Å²) in [5.74, 6) is -0.251. The minimum Gasteiger partial charge on any atom is -0.348 e. The van der Waals surface area contributed by atoms with E-state index in [1.807, 2.05) is 18.2 Å². The SMILES string of the molecule is CN(c1ccc(C(=O)NCc2ccccc2Cl)cc1)S(C)(=O)=O. The molecule has 122 valence electrons. The second-order valence-electron chi connectivity index (χ2n) is 5.05. The number of anilines is 1. The average Bonchev–Trinajstić information content (AvgIpc) is 2.52. The molecule has 23 heavy (non-hydrogen) atoms. The normalized spacial score (nSPS) is 11.1. The molecule has 2 aromatic rings. The Bertz CT molecular complexity index is 804. The fraction of sp³-hybridized carbons (Fsp3) is 0.188. The van der Waals surface area contributed by atoms with E-state index in [2.05, 4.69) is 5.32 Å². The van der Waals surface area contributed by atoms with E-state index in [1.54, 1.807) is 30.3 Å². The number of hydrogen-bond acceptors (Lipinski definition) is 3. The van der Waals surface area contributed by atoms with Crippen LogP contribution in [0.15, 0.2) is 48.5 Å². The van der Waals surface area contributed by atoms with Gasteiger partial charge in [-0.1, -0.05) is 29.8 Å². The number of carbonyl (C=O) groups excluding carboxylic acids is 1. The Balaban J connectivity index is 2.05. The van der Waals surface area contributed by atoms with Gasteiger partial charge in [-0.25, -0.2) is 8.42 Å². The maximum absolute atomic E-state index is 12.1. The number of sulfonamides is 1. The lowest BCUT2D eigenvalue weighted by Crippen LogP contribution is -2.25. The summed E-state index contributed by atoms with van der Waals surface area (Å²) in [6, 6.07) is 13.6. The predicted molar refractivity (Wildman–Crippen MR) is 92.3 cm³/mol. The first-order valence-corrected chi connectivity index (χ1v) is 9.07. The van der Waals surface area contributed by atoms with Crippen molar-refractivity contribution in [3.63, 3.8) is 0 Å². The van der Waals surface area contributed by atoms with E-state index in [4.69, 9.17) is 11.6 Å². The number of nitrogens with zero attached hydrogens (tertiary/aromatic N) is 1. The van der Waals surface area contributed by atoms with Gasteiger partial charge in [-0.3, -0.25) is 9.10 Å². The van der Waals surface area contributed by atoms with Crippen molar-refractivity contribution in [2.24, 2.45) is 0 Å². The number of halogens is 1. The Labute approximate surface area is 140 Å². The molecule has 0 saturated carbocycles. The van der Waals surface area contributed by atoms with Crippen LogP contribution >= 0.6 is 11.6 Å². The summed E-state index contributed by atoms with van der Waals surface area (Å²) in [6.45, 7) is 0.323. The molecule has 0 saturated heterocycles. The number of carbonyl (C=O) groups is 1. The highest BCUT2D eigenvalue weighted by molar-refractivity contribution is 7.92. The van der Waals surface area contributed by atoms with Gasteiger partial charge in [0.1, 0.15) is 0 Å². The first kappa shape index (κ1) is 17.3. The number of amides is 1. The lowest BCUT2D eigenvalue weighted by Gasteiger charge is -2.16. The zero-order valence-corrected chi connectivity index (χ0v) is 14.4. The number of rotatable bonds is 5. The molecule has 7 heteroatoms. The molecule has 5 nitrogen and oxygen atoms in total. The molecular formula is C16H17ClN2O3S. The highest BCUT2D eigenvalue weighted by Crippen LogP contribution is 2.17. The van der Waals surface area contributed by atoms with Crippen LogP contribution in [0.25, 0.3) is 0 Å². The fourth-order valence-electron chi connectivity index (χ4n) is 1.93. The van der Waals surface area contributed by atoms with Crippen LogP contribution in [-0.4, -0.2) is 27.6 Å². The van der Waals surface area contributed by atoms with Crippen LogP contribution in [0.4, 0.5) is 5.69 Å². The zero-order chi connectivity index (χ0) is 17.0. The monoisotopic (exact) mass is 352 g/mol. The van der Waals surface area contributed by atoms with E-state index in [9.17, 15) is 13.2 Å². The molecule has 0 spiro atoms. The zero-order valence-electron chi connectivity index (χ0n) is 12.8. The van der Waals surface area contributed by atoms with E-state index in [1.165, 1.54) is 7.05 Å². The quantitative estimate of drug-likeness (QED) is 0.899. The van der Waals surface area contributed by atoms with Gasteiger partial charge in [-0.2, -0.15) is 0 Å². The van der Waals surface area contributed by atoms with Gasteiger partial charge in [0.2, 0.25) is 10.0 Å². The lowest BCUT2D eigenvalue weighted by molar-refractivity contribution is 0.0951. The molecule has 0 heterocycles. The molecule has 0 aliphatic carbocycles. The standard InChI is InChI=1S/C16H17ClN2O3S/c1-19(23(2,21)22)14-9-7-12(8-10-14)16(20)18-11-13-5-3-4-6-15(13)17/h3-10H,11H2,1-2H3,(H,18,20). The van der Waals surface area contributed by atoms with Crippen LogP contribution in [0.5, 0.6) is 0 Å². The van der Waals surface area contributed by atoms with E-state index in [-0.39, 0.29) is 5.91 Å². The van der Waals surface area contributed by atoms with Gasteiger partial charge < -0.3 is 5.32 Å². The van der Waals surface area contributed by atoms with E-state index < -0.39 is 10.0 Å². The van der Waals surface area contributed by atoms with Gasteiger partial charge in [0, 0.05) is 24.2 Å². The van der Waals surface area contributed by atoms with E-state index in [0.717, 1.165) is 16.1 Å². The maximum atomic E-state index is 12.1. The van der Waals surface area contributed by atoms with Crippen LogP contribution in [0, 0.1) is 0 Å². The van der Waals surface area contributed by atoms with Gasteiger partial charge in [-0.15, -0.1) is 0 Å². The Morgan fingerprint density at radius 2 is 1.74 bits per heavy atom. The molecule has 1 N–H and O–H groups in total. The Morgan fingerprint density at radius 3 is 2.30 bits per heavy atom. The minimum absolute atomic E-state index is 0.251. The first-order valence-electron chi connectivity index (χ1n) is 6.84. The van der Waals surface area contributed by atoms with Crippen molar-refractivity contribution in [1.82, 2.24) is 5.32 Å². The van der Waals surface area contributed by atoms with Gasteiger partial charge in [0.05, 0.1) is 11.9 Å². The molecular weight excluding hydrogens is 336 g/mol. The topological polar surface area (TPSA) is 66.5 Å². The molecule has 1 amide bonds. The second kappa shape index (κ2) is 7.02. The smallest absolute Gasteiger partial charge is 0.251 e. The summed E-state index contributed by atoms with van der Waals surface area (Å²) < 4.78 is 24.1. The molecule has 2 aromatic carbocycles. The predicted octanol–water partition coefficient (Wildman–Crippen LogP) is 2.67. The third-order valence-corrected chi connectivity index (χ3v) is 4.96. The molecule has 0 fully saturated rings. The number of benzene rings is 2. The average molecular weight is 353 g/mol. The largest absolute Gasteiger partial charge is 0.348 e. The molecule has 0 atom stereocenters. The van der Waals surface area contributed by atoms with E-state index in [0.29, 0.717) is 22.8 Å². The van der Waals surface area contributed by atoms with Crippen molar-refractivity contribution in [3.8, 4) is 0 Å². The molecule has 0 radical (unpaired) electrons. The first-order chi connectivity index (χ1) is 10.8. The van der Waals surface area contributed by atoms with Crippen LogP contribution in [0.2, 0.25) is 5.02 Å². The molecule has 0 aromatic heterocycles. The third-order valence-electron chi connectivity index (χ3n) is 3.39. The number of nitrogens with one attached hydrogen (secondary N) is 1. The molecule has 0 aliphatic rings. The third kappa shape index (κ3) is 4.46. The Hall–Kier alpha value is -2.05. The summed E-state index contributed by atoms with van der Waals surface area (Å²) >= 11 is 6.04. The van der Waals surface area contributed by atoms with Crippen LogP contribution < -0.4 is 9.62 Å². The van der Waals surface area contributed by atoms with Crippen molar-refractivity contribution in [2.75, 3.05) is 17.6 Å². The Kier molecular flexibility index (Phi) is 5.28. The van der Waals surface area contributed by atoms with Gasteiger partial charge in [0.15, 0.2) is 0 Å². The molecule has 0 aliphatic heterocycles. The molecule has 0 bridgehead atoms. The maximum Gasteiger partial charge on any atom is 0.251 e. The van der Waals surface area contributed by atoms with Crippen molar-refractivity contribution >= 4 is 33.2 Å². The summed E-state index contributed by atoms with van der Waals surface area (Å²) in [5, 5.41) is 3.38. The summed E-state index contributed by atoms with van der Waals surface area (Å²) in [7, 11) is -1.86. The lowest BCUT2D eigenvalue weighted by atomic mass is 10.1. The van der Waals surface area contributed by atoms with Crippen molar-refractivity contribution < 1.29 is 13.2 Å². The second-order valence-corrected chi connectivity index (χ2v) is 7.47. The molecule has 0 unspecified atom stereocenters. The fourth-order valence-corrected chi connectivity index (χ4v) is 2.64. The Morgan fingerprint density at radius 1 is 1.13 bits per heavy atom.